The summed E-state index contributed by atoms with van der Waals surface area (Å²) in [5.41, 5.74) is 2.03. The zero-order chi connectivity index (χ0) is 20.7. The highest BCUT2D eigenvalue weighted by atomic mass is 32.2. The van der Waals surface area contributed by atoms with Crippen LogP contribution in [-0.2, 0) is 23.0 Å². The first kappa shape index (κ1) is 19.0. The molecule has 8 heteroatoms. The summed E-state index contributed by atoms with van der Waals surface area (Å²) in [5.74, 6) is 1.29. The summed E-state index contributed by atoms with van der Waals surface area (Å²) in [6.07, 6.45) is 2.64. The minimum atomic E-state index is -3.81. The average molecular weight is 424 g/mol. The SMILES string of the molecule is O=S1(=O)c2ccccc2C(O)C(Cc2ccc3c(c2)OCO3)N1Cc1cccnc1. The van der Waals surface area contributed by atoms with Crippen molar-refractivity contribution in [1.29, 1.82) is 0 Å². The second-order valence-corrected chi connectivity index (χ2v) is 9.21. The number of fused-ring (bicyclic) bond motifs is 2. The van der Waals surface area contributed by atoms with Gasteiger partial charge in [-0.05, 0) is 41.8 Å². The molecule has 3 aromatic rings. The third kappa shape index (κ3) is 3.23. The van der Waals surface area contributed by atoms with Crippen molar-refractivity contribution in [2.75, 3.05) is 6.79 Å². The van der Waals surface area contributed by atoms with E-state index in [-0.39, 0.29) is 18.2 Å². The molecule has 2 atom stereocenters. The zero-order valence-electron chi connectivity index (χ0n) is 16.0. The molecule has 7 nitrogen and oxygen atoms in total. The number of hydrogen-bond acceptors (Lipinski definition) is 6. The van der Waals surface area contributed by atoms with E-state index in [1.807, 2.05) is 18.2 Å². The van der Waals surface area contributed by atoms with Crippen LogP contribution < -0.4 is 9.47 Å². The van der Waals surface area contributed by atoms with Gasteiger partial charge in [-0.3, -0.25) is 4.98 Å². The summed E-state index contributed by atoms with van der Waals surface area (Å²) in [6.45, 7) is 0.288. The molecule has 2 aliphatic rings. The Morgan fingerprint density at radius 1 is 1.03 bits per heavy atom. The maximum absolute atomic E-state index is 13.5. The first-order chi connectivity index (χ1) is 14.5. The maximum atomic E-state index is 13.5. The quantitative estimate of drug-likeness (QED) is 0.693. The Morgan fingerprint density at radius 2 is 1.87 bits per heavy atom. The van der Waals surface area contributed by atoms with Gasteiger partial charge in [0.1, 0.15) is 0 Å². The molecule has 30 heavy (non-hydrogen) atoms. The van der Waals surface area contributed by atoms with E-state index in [0.29, 0.717) is 23.5 Å². The van der Waals surface area contributed by atoms with Gasteiger partial charge in [-0.15, -0.1) is 0 Å². The van der Waals surface area contributed by atoms with Crippen molar-refractivity contribution in [3.63, 3.8) is 0 Å². The molecule has 0 aliphatic carbocycles. The molecule has 0 saturated carbocycles. The fourth-order valence-corrected chi connectivity index (χ4v) is 5.88. The third-order valence-corrected chi connectivity index (χ3v) is 7.45. The number of rotatable bonds is 4. The first-order valence-corrected chi connectivity index (χ1v) is 11.0. The van der Waals surface area contributed by atoms with Gasteiger partial charge in [0.2, 0.25) is 16.8 Å². The highest BCUT2D eigenvalue weighted by Gasteiger charge is 2.43. The van der Waals surface area contributed by atoms with Gasteiger partial charge in [0.15, 0.2) is 11.5 Å². The number of aliphatic hydroxyl groups is 1. The number of sulfonamides is 1. The summed E-state index contributed by atoms with van der Waals surface area (Å²) in [6, 6.07) is 15.1. The lowest BCUT2D eigenvalue weighted by Gasteiger charge is -2.39. The van der Waals surface area contributed by atoms with E-state index in [1.165, 1.54) is 4.31 Å². The molecular weight excluding hydrogens is 404 g/mol. The van der Waals surface area contributed by atoms with E-state index >= 15 is 0 Å². The minimum Gasteiger partial charge on any atom is -0.454 e. The summed E-state index contributed by atoms with van der Waals surface area (Å²) >= 11 is 0. The van der Waals surface area contributed by atoms with Crippen molar-refractivity contribution in [2.45, 2.75) is 30.0 Å². The number of aliphatic hydroxyl groups excluding tert-OH is 1. The van der Waals surface area contributed by atoms with Crippen molar-refractivity contribution in [3.8, 4) is 11.5 Å². The highest BCUT2D eigenvalue weighted by molar-refractivity contribution is 7.89. The molecular formula is C22H20N2O5S. The number of hydrogen-bond donors (Lipinski definition) is 1. The molecule has 1 aromatic heterocycles. The van der Waals surface area contributed by atoms with Crippen LogP contribution in [0.2, 0.25) is 0 Å². The van der Waals surface area contributed by atoms with Crippen molar-refractivity contribution >= 4 is 10.0 Å². The van der Waals surface area contributed by atoms with Crippen LogP contribution in [0.25, 0.3) is 0 Å². The Labute approximate surface area is 174 Å². The van der Waals surface area contributed by atoms with Gasteiger partial charge in [-0.2, -0.15) is 4.31 Å². The summed E-state index contributed by atoms with van der Waals surface area (Å²) in [4.78, 5) is 4.24. The van der Waals surface area contributed by atoms with Gasteiger partial charge in [0, 0.05) is 24.5 Å². The van der Waals surface area contributed by atoms with E-state index in [4.69, 9.17) is 9.47 Å². The van der Waals surface area contributed by atoms with Crippen LogP contribution in [0.5, 0.6) is 11.5 Å². The Hall–Kier alpha value is -2.94. The zero-order valence-corrected chi connectivity index (χ0v) is 16.8. The standard InChI is InChI=1S/C22H20N2O5S/c25-22-17-5-1-2-6-21(17)30(26,27)24(13-16-4-3-9-23-12-16)18(22)10-15-7-8-19-20(11-15)29-14-28-19/h1-9,11-12,18,22,25H,10,13-14H2. The molecule has 154 valence electrons. The summed E-state index contributed by atoms with van der Waals surface area (Å²) in [7, 11) is -3.81. The van der Waals surface area contributed by atoms with Gasteiger partial charge in [0.05, 0.1) is 17.0 Å². The Bertz CT molecular complexity index is 1180. The van der Waals surface area contributed by atoms with Gasteiger partial charge in [0.25, 0.3) is 0 Å². The molecule has 0 bridgehead atoms. The normalized spacial score (nSPS) is 21.9. The summed E-state index contributed by atoms with van der Waals surface area (Å²) < 4.78 is 39.2. The lowest BCUT2D eigenvalue weighted by molar-refractivity contribution is 0.0769. The molecule has 0 radical (unpaired) electrons. The smallest absolute Gasteiger partial charge is 0.244 e. The van der Waals surface area contributed by atoms with Crippen LogP contribution in [0.3, 0.4) is 0 Å². The lowest BCUT2D eigenvalue weighted by atomic mass is 9.95. The van der Waals surface area contributed by atoms with Crippen LogP contribution in [0.15, 0.2) is 71.9 Å². The van der Waals surface area contributed by atoms with E-state index < -0.39 is 22.2 Å². The molecule has 5 rings (SSSR count). The summed E-state index contributed by atoms with van der Waals surface area (Å²) in [5, 5.41) is 11.2. The van der Waals surface area contributed by atoms with Crippen molar-refractivity contribution in [2.24, 2.45) is 0 Å². The van der Waals surface area contributed by atoms with Crippen LogP contribution in [0.4, 0.5) is 0 Å². The molecule has 2 aliphatic heterocycles. The van der Waals surface area contributed by atoms with Crippen LogP contribution in [-0.4, -0.2) is 35.6 Å². The van der Waals surface area contributed by atoms with E-state index in [1.54, 1.807) is 48.8 Å². The molecule has 0 saturated heterocycles. The van der Waals surface area contributed by atoms with Crippen LogP contribution in [0.1, 0.15) is 22.8 Å². The second-order valence-electron chi connectivity index (χ2n) is 7.35. The molecule has 0 spiro atoms. The fourth-order valence-electron chi connectivity index (χ4n) is 4.03. The van der Waals surface area contributed by atoms with Crippen LogP contribution in [0, 0.1) is 0 Å². The number of nitrogens with zero attached hydrogens (tertiary/aromatic N) is 2. The number of aromatic nitrogens is 1. The van der Waals surface area contributed by atoms with Gasteiger partial charge < -0.3 is 14.6 Å². The highest BCUT2D eigenvalue weighted by Crippen LogP contribution is 2.40. The average Bonchev–Trinajstić information content (AvgIpc) is 3.23. The third-order valence-electron chi connectivity index (χ3n) is 5.50. The van der Waals surface area contributed by atoms with Crippen LogP contribution >= 0.6 is 0 Å². The molecule has 0 fully saturated rings. The van der Waals surface area contributed by atoms with Crippen molar-refractivity contribution in [1.82, 2.24) is 9.29 Å². The monoisotopic (exact) mass is 424 g/mol. The van der Waals surface area contributed by atoms with Gasteiger partial charge in [-0.25, -0.2) is 8.42 Å². The number of benzene rings is 2. The second kappa shape index (κ2) is 7.39. The fraction of sp³-hybridized carbons (Fsp3) is 0.227. The Balaban J connectivity index is 1.57. The van der Waals surface area contributed by atoms with Crippen molar-refractivity contribution in [3.05, 3.63) is 83.7 Å². The molecule has 1 N–H and O–H groups in total. The van der Waals surface area contributed by atoms with E-state index in [9.17, 15) is 13.5 Å². The van der Waals surface area contributed by atoms with Gasteiger partial charge in [-0.1, -0.05) is 30.3 Å². The molecule has 2 aromatic carbocycles. The largest absolute Gasteiger partial charge is 0.454 e. The lowest BCUT2D eigenvalue weighted by Crippen LogP contribution is -2.48. The molecule has 3 heterocycles. The maximum Gasteiger partial charge on any atom is 0.244 e. The van der Waals surface area contributed by atoms with Gasteiger partial charge >= 0.3 is 0 Å². The van der Waals surface area contributed by atoms with E-state index in [2.05, 4.69) is 4.98 Å². The molecule has 0 amide bonds. The number of ether oxygens (including phenoxy) is 2. The topological polar surface area (TPSA) is 89.0 Å². The Kier molecular flexibility index (Phi) is 4.69. The molecule has 2 unspecified atom stereocenters. The minimum absolute atomic E-state index is 0.122. The number of pyridine rings is 1. The van der Waals surface area contributed by atoms with Crippen molar-refractivity contribution < 1.29 is 23.0 Å². The Morgan fingerprint density at radius 3 is 2.70 bits per heavy atom. The predicted octanol–water partition coefficient (Wildman–Crippen LogP) is 2.66. The first-order valence-electron chi connectivity index (χ1n) is 9.60. The van der Waals surface area contributed by atoms with E-state index in [0.717, 1.165) is 11.1 Å². The predicted molar refractivity (Wildman–Crippen MR) is 108 cm³/mol.